The number of carbonyl (C=O) groups is 1. The van der Waals surface area contributed by atoms with E-state index >= 15 is 0 Å². The highest BCUT2D eigenvalue weighted by atomic mass is 32.2. The number of oxime groups is 1. The number of nitrogens with one attached hydrogen (secondary N) is 1. The molecule has 1 amide bonds. The summed E-state index contributed by atoms with van der Waals surface area (Å²) in [5, 5.41) is 5.46. The second-order valence-electron chi connectivity index (χ2n) is 11.5. The molecular formula is C31H33F4N5O4S. The van der Waals surface area contributed by atoms with E-state index in [0.717, 1.165) is 29.7 Å². The molecule has 240 valence electrons. The van der Waals surface area contributed by atoms with Crippen molar-refractivity contribution in [1.29, 1.82) is 0 Å². The summed E-state index contributed by atoms with van der Waals surface area (Å²) in [6, 6.07) is 15.5. The molecular weight excluding hydrogens is 614 g/mol. The van der Waals surface area contributed by atoms with Gasteiger partial charge in [0.25, 0.3) is 0 Å². The first-order valence-corrected chi connectivity index (χ1v) is 16.3. The van der Waals surface area contributed by atoms with E-state index in [1.807, 2.05) is 30.3 Å². The van der Waals surface area contributed by atoms with Gasteiger partial charge in [-0.15, -0.1) is 0 Å². The molecule has 2 aliphatic heterocycles. The molecule has 14 heteroatoms. The van der Waals surface area contributed by atoms with E-state index in [-0.39, 0.29) is 23.5 Å². The minimum absolute atomic E-state index is 0.111. The van der Waals surface area contributed by atoms with Crippen LogP contribution in [0.2, 0.25) is 0 Å². The Morgan fingerprint density at radius 3 is 2.42 bits per heavy atom. The summed E-state index contributed by atoms with van der Waals surface area (Å²) < 4.78 is 79.1. The number of hydrogen-bond donors (Lipinski definition) is 2. The zero-order chi connectivity index (χ0) is 32.6. The van der Waals surface area contributed by atoms with Crippen LogP contribution in [0.3, 0.4) is 0 Å². The van der Waals surface area contributed by atoms with Gasteiger partial charge in [0.1, 0.15) is 28.3 Å². The summed E-state index contributed by atoms with van der Waals surface area (Å²) >= 11 is 0. The van der Waals surface area contributed by atoms with Crippen molar-refractivity contribution in [2.45, 2.75) is 55.8 Å². The van der Waals surface area contributed by atoms with Gasteiger partial charge in [0.05, 0.1) is 11.6 Å². The van der Waals surface area contributed by atoms with Crippen molar-refractivity contribution < 1.29 is 35.6 Å². The molecule has 0 saturated carbocycles. The van der Waals surface area contributed by atoms with E-state index in [2.05, 4.69) is 15.5 Å². The number of alkyl halides is 3. The predicted octanol–water partition coefficient (Wildman–Crippen LogP) is 4.82. The van der Waals surface area contributed by atoms with Crippen LogP contribution in [0.1, 0.15) is 65.4 Å². The highest BCUT2D eigenvalue weighted by Crippen LogP contribution is 2.38. The van der Waals surface area contributed by atoms with Crippen LogP contribution in [0.4, 0.5) is 23.4 Å². The first-order valence-electron chi connectivity index (χ1n) is 14.3. The molecule has 2 atom stereocenters. The monoisotopic (exact) mass is 647 g/mol. The van der Waals surface area contributed by atoms with Gasteiger partial charge in [0, 0.05) is 56.3 Å². The summed E-state index contributed by atoms with van der Waals surface area (Å²) in [4.78, 5) is 24.6. The van der Waals surface area contributed by atoms with Crippen molar-refractivity contribution in [2.75, 3.05) is 24.2 Å². The Bertz CT molecular complexity index is 1710. The normalized spacial score (nSPS) is 17.8. The van der Waals surface area contributed by atoms with E-state index < -0.39 is 50.3 Å². The number of benzene rings is 2. The van der Waals surface area contributed by atoms with Crippen molar-refractivity contribution >= 4 is 27.3 Å². The average Bonchev–Trinajstić information content (AvgIpc) is 3.42. The molecule has 1 spiro atoms. The lowest BCUT2D eigenvalue weighted by Gasteiger charge is -2.38. The molecule has 0 bridgehead atoms. The minimum atomic E-state index is -4.66. The van der Waals surface area contributed by atoms with E-state index in [0.29, 0.717) is 37.9 Å². The fraction of sp³-hybridized carbons (Fsp3) is 0.387. The van der Waals surface area contributed by atoms with Crippen LogP contribution in [0.25, 0.3) is 0 Å². The smallest absolute Gasteiger partial charge is 0.388 e. The van der Waals surface area contributed by atoms with Crippen molar-refractivity contribution in [3.63, 3.8) is 0 Å². The van der Waals surface area contributed by atoms with Crippen LogP contribution >= 0.6 is 0 Å². The molecule has 45 heavy (non-hydrogen) atoms. The predicted molar refractivity (Wildman–Crippen MR) is 161 cm³/mol. The lowest BCUT2D eigenvalue weighted by molar-refractivity contribution is -0.141. The van der Waals surface area contributed by atoms with Crippen molar-refractivity contribution in [3.05, 3.63) is 94.4 Å². The maximum atomic E-state index is 14.7. The third-order valence-corrected chi connectivity index (χ3v) is 9.48. The van der Waals surface area contributed by atoms with Crippen LogP contribution in [0.5, 0.6) is 0 Å². The Balaban J connectivity index is 1.28. The summed E-state index contributed by atoms with van der Waals surface area (Å²) in [5.41, 5.74) is 6.27. The molecule has 2 aliphatic rings. The number of piperidine rings is 1. The summed E-state index contributed by atoms with van der Waals surface area (Å²) in [6.07, 6.45) is -2.16. The third-order valence-electron chi connectivity index (χ3n) is 8.31. The number of sulfone groups is 1. The summed E-state index contributed by atoms with van der Waals surface area (Å²) in [7, 11) is -3.75. The maximum Gasteiger partial charge on any atom is 0.433 e. The number of carbonyl (C=O) groups excluding carboxylic acids is 1. The molecule has 2 aromatic carbocycles. The first kappa shape index (κ1) is 32.4. The van der Waals surface area contributed by atoms with Crippen LogP contribution in [0.15, 0.2) is 65.8 Å². The summed E-state index contributed by atoms with van der Waals surface area (Å²) in [5.74, 6) is -2.13. The Morgan fingerprint density at radius 2 is 1.80 bits per heavy atom. The standard InChI is InChI=1S/C31H33F4N5O4S/c1-19(21-8-10-23(24(32)16-21)27(36)45(2,42)43)29(41)37-18-22-9-11-26(31(33,34)35)38-28(22)40-14-12-30(13-15-40)17-25(39-44-30)20-6-4-3-5-7-20/h3-11,16,19,27H,12-15,17-18,36H2,1-2H3,(H,37,41). The molecule has 2 unspecified atom stereocenters. The van der Waals surface area contributed by atoms with Crippen LogP contribution in [0, 0.1) is 5.82 Å². The minimum Gasteiger partial charge on any atom is -0.388 e. The molecule has 9 nitrogen and oxygen atoms in total. The van der Waals surface area contributed by atoms with Gasteiger partial charge >= 0.3 is 6.18 Å². The number of amides is 1. The van der Waals surface area contributed by atoms with E-state index in [1.54, 1.807) is 4.90 Å². The fourth-order valence-corrected chi connectivity index (χ4v) is 6.16. The lowest BCUT2D eigenvalue weighted by Crippen LogP contribution is -2.45. The first-order chi connectivity index (χ1) is 21.2. The number of rotatable bonds is 8. The Hall–Kier alpha value is -4.04. The molecule has 3 heterocycles. The highest BCUT2D eigenvalue weighted by Gasteiger charge is 2.43. The molecule has 3 aromatic rings. The number of hydrogen-bond acceptors (Lipinski definition) is 8. The third kappa shape index (κ3) is 7.12. The summed E-state index contributed by atoms with van der Waals surface area (Å²) in [6.45, 7) is 2.14. The average molecular weight is 648 g/mol. The van der Waals surface area contributed by atoms with Gasteiger partial charge in [-0.05, 0) is 30.2 Å². The largest absolute Gasteiger partial charge is 0.433 e. The van der Waals surface area contributed by atoms with E-state index in [4.69, 9.17) is 10.6 Å². The second-order valence-corrected chi connectivity index (χ2v) is 13.7. The number of aromatic nitrogens is 1. The fourth-order valence-electron chi connectivity index (χ4n) is 5.51. The Morgan fingerprint density at radius 1 is 1.11 bits per heavy atom. The number of anilines is 1. The van der Waals surface area contributed by atoms with Crippen molar-refractivity contribution in [3.8, 4) is 0 Å². The van der Waals surface area contributed by atoms with Crippen molar-refractivity contribution in [1.82, 2.24) is 10.3 Å². The molecule has 5 rings (SSSR count). The molecule has 1 aromatic heterocycles. The lowest BCUT2D eigenvalue weighted by atomic mass is 9.85. The molecule has 0 aliphatic carbocycles. The van der Waals surface area contributed by atoms with Crippen LogP contribution in [-0.2, 0) is 32.2 Å². The van der Waals surface area contributed by atoms with Gasteiger partial charge in [0.15, 0.2) is 9.84 Å². The van der Waals surface area contributed by atoms with Gasteiger partial charge in [0.2, 0.25) is 5.91 Å². The Kier molecular flexibility index (Phi) is 8.91. The van der Waals surface area contributed by atoms with Gasteiger partial charge in [-0.1, -0.05) is 53.7 Å². The maximum absolute atomic E-state index is 14.7. The molecule has 1 saturated heterocycles. The number of nitrogens with two attached hydrogens (primary N) is 1. The van der Waals surface area contributed by atoms with Gasteiger partial charge in [-0.2, -0.15) is 13.2 Å². The van der Waals surface area contributed by atoms with Crippen LogP contribution < -0.4 is 16.0 Å². The van der Waals surface area contributed by atoms with E-state index in [1.165, 1.54) is 25.1 Å². The zero-order valence-electron chi connectivity index (χ0n) is 24.6. The molecule has 1 fully saturated rings. The SMILES string of the molecule is CC(C(=O)NCc1ccc(C(F)(F)F)nc1N1CCC2(CC1)CC(c1ccccc1)=NO2)c1ccc(C(N)S(C)(=O)=O)c(F)c1. The Labute approximate surface area is 258 Å². The molecule has 0 radical (unpaired) electrons. The number of pyridine rings is 1. The van der Waals surface area contributed by atoms with E-state index in [9.17, 15) is 30.8 Å². The van der Waals surface area contributed by atoms with Gasteiger partial charge < -0.3 is 20.8 Å². The van der Waals surface area contributed by atoms with Gasteiger partial charge in [-0.3, -0.25) is 4.79 Å². The topological polar surface area (TPSA) is 127 Å². The number of nitrogens with zero attached hydrogens (tertiary/aromatic N) is 3. The van der Waals surface area contributed by atoms with Gasteiger partial charge in [-0.25, -0.2) is 17.8 Å². The molecule has 3 N–H and O–H groups in total. The quantitative estimate of drug-likeness (QED) is 0.336. The second kappa shape index (κ2) is 12.4. The number of halogens is 4. The van der Waals surface area contributed by atoms with Crippen LogP contribution in [-0.4, -0.2) is 50.0 Å². The van der Waals surface area contributed by atoms with Crippen molar-refractivity contribution in [2.24, 2.45) is 10.9 Å². The highest BCUT2D eigenvalue weighted by molar-refractivity contribution is 7.90. The zero-order valence-corrected chi connectivity index (χ0v) is 25.5.